The number of hydrogen-bond donors (Lipinski definition) is 1. The molecule has 2 aromatic rings. The van der Waals surface area contributed by atoms with Gasteiger partial charge in [0.05, 0.1) is 0 Å². The molecule has 3 nitrogen and oxygen atoms in total. The van der Waals surface area contributed by atoms with E-state index in [4.69, 9.17) is 17.3 Å². The van der Waals surface area contributed by atoms with Crippen molar-refractivity contribution in [3.05, 3.63) is 64.2 Å². The van der Waals surface area contributed by atoms with Crippen LogP contribution in [0, 0.1) is 11.6 Å². The number of nitrogens with two attached hydrogens (primary N) is 1. The summed E-state index contributed by atoms with van der Waals surface area (Å²) in [5.41, 5.74) is 5.96. The molecule has 6 heteroatoms. The van der Waals surface area contributed by atoms with E-state index < -0.39 is 17.5 Å². The van der Waals surface area contributed by atoms with Gasteiger partial charge >= 0.3 is 0 Å². The first-order chi connectivity index (χ1) is 9.88. The summed E-state index contributed by atoms with van der Waals surface area (Å²) in [4.78, 5) is 13.5. The third-order valence-electron chi connectivity index (χ3n) is 2.97. The fourth-order valence-corrected chi connectivity index (χ4v) is 2.17. The standard InChI is InChI=1S/C15H13ClF2N2O/c1-20(8-12-13(16)3-2-4-14(12)18)15(21)9-5-10(17)7-11(19)6-9/h2-7H,8,19H2,1H3. The predicted octanol–water partition coefficient (Wildman–Crippen LogP) is 3.47. The second-order valence-electron chi connectivity index (χ2n) is 4.63. The van der Waals surface area contributed by atoms with Crippen LogP contribution in [0.5, 0.6) is 0 Å². The largest absolute Gasteiger partial charge is 0.399 e. The normalized spacial score (nSPS) is 10.5. The molecule has 2 rings (SSSR count). The predicted molar refractivity (Wildman–Crippen MR) is 78.0 cm³/mol. The summed E-state index contributed by atoms with van der Waals surface area (Å²) in [6.45, 7) is -0.0270. The summed E-state index contributed by atoms with van der Waals surface area (Å²) in [5, 5.41) is 0.230. The number of rotatable bonds is 3. The van der Waals surface area contributed by atoms with Crippen LogP contribution in [0.1, 0.15) is 15.9 Å². The first-order valence-corrected chi connectivity index (χ1v) is 6.50. The van der Waals surface area contributed by atoms with E-state index >= 15 is 0 Å². The van der Waals surface area contributed by atoms with E-state index in [0.717, 1.165) is 12.1 Å². The highest BCUT2D eigenvalue weighted by Crippen LogP contribution is 2.21. The molecule has 0 fully saturated rings. The lowest BCUT2D eigenvalue weighted by Gasteiger charge is -2.18. The van der Waals surface area contributed by atoms with Crippen molar-refractivity contribution >= 4 is 23.2 Å². The molecular weight excluding hydrogens is 298 g/mol. The fraction of sp³-hybridized carbons (Fsp3) is 0.133. The molecule has 0 unspecified atom stereocenters. The van der Waals surface area contributed by atoms with Gasteiger partial charge in [0, 0.05) is 35.4 Å². The van der Waals surface area contributed by atoms with E-state index in [0.29, 0.717) is 0 Å². The SMILES string of the molecule is CN(Cc1c(F)cccc1Cl)C(=O)c1cc(N)cc(F)c1. The number of amides is 1. The van der Waals surface area contributed by atoms with Gasteiger partial charge in [-0.2, -0.15) is 0 Å². The zero-order chi connectivity index (χ0) is 15.6. The van der Waals surface area contributed by atoms with Crippen molar-refractivity contribution in [3.63, 3.8) is 0 Å². The molecule has 0 heterocycles. The summed E-state index contributed by atoms with van der Waals surface area (Å²) in [6.07, 6.45) is 0. The molecule has 0 aliphatic heterocycles. The summed E-state index contributed by atoms with van der Waals surface area (Å²) >= 11 is 5.92. The highest BCUT2D eigenvalue weighted by atomic mass is 35.5. The lowest BCUT2D eigenvalue weighted by molar-refractivity contribution is 0.0783. The van der Waals surface area contributed by atoms with Gasteiger partial charge in [-0.1, -0.05) is 17.7 Å². The summed E-state index contributed by atoms with van der Waals surface area (Å²) in [6, 6.07) is 7.85. The number of nitrogen functional groups attached to an aromatic ring is 1. The number of benzene rings is 2. The maximum Gasteiger partial charge on any atom is 0.254 e. The van der Waals surface area contributed by atoms with E-state index in [1.54, 1.807) is 6.07 Å². The Labute approximate surface area is 125 Å². The number of hydrogen-bond acceptors (Lipinski definition) is 2. The molecule has 0 saturated carbocycles. The Morgan fingerprint density at radius 2 is 2.00 bits per heavy atom. The molecule has 2 N–H and O–H groups in total. The third-order valence-corrected chi connectivity index (χ3v) is 3.32. The van der Waals surface area contributed by atoms with Crippen LogP contribution in [0.15, 0.2) is 36.4 Å². The average molecular weight is 311 g/mol. The Bertz CT molecular complexity index is 651. The van der Waals surface area contributed by atoms with Crippen molar-refractivity contribution < 1.29 is 13.6 Å². The van der Waals surface area contributed by atoms with Crippen molar-refractivity contribution in [2.45, 2.75) is 6.54 Å². The van der Waals surface area contributed by atoms with Gasteiger partial charge in [0.1, 0.15) is 11.6 Å². The molecule has 0 aromatic heterocycles. The molecule has 110 valence electrons. The van der Waals surface area contributed by atoms with Gasteiger partial charge in [0.15, 0.2) is 0 Å². The summed E-state index contributed by atoms with van der Waals surface area (Å²) < 4.78 is 27.0. The highest BCUT2D eigenvalue weighted by Gasteiger charge is 2.16. The molecule has 0 saturated heterocycles. The minimum Gasteiger partial charge on any atom is -0.399 e. The third kappa shape index (κ3) is 3.49. The minimum atomic E-state index is -0.601. The minimum absolute atomic E-state index is 0.0270. The Kier molecular flexibility index (Phi) is 4.43. The molecule has 0 aliphatic rings. The Balaban J connectivity index is 2.24. The van der Waals surface area contributed by atoms with E-state index in [1.807, 2.05) is 0 Å². The lowest BCUT2D eigenvalue weighted by Crippen LogP contribution is -2.27. The maximum absolute atomic E-state index is 13.7. The fourth-order valence-electron chi connectivity index (χ4n) is 1.95. The Hall–Kier alpha value is -2.14. The molecule has 0 radical (unpaired) electrons. The molecule has 0 atom stereocenters. The van der Waals surface area contributed by atoms with Crippen LogP contribution in [0.3, 0.4) is 0 Å². The first kappa shape index (κ1) is 15.3. The molecule has 1 amide bonds. The monoisotopic (exact) mass is 310 g/mol. The Morgan fingerprint density at radius 1 is 1.29 bits per heavy atom. The molecule has 0 bridgehead atoms. The van der Waals surface area contributed by atoms with Crippen LogP contribution in [0.4, 0.5) is 14.5 Å². The zero-order valence-electron chi connectivity index (χ0n) is 11.2. The van der Waals surface area contributed by atoms with Crippen molar-refractivity contribution in [1.82, 2.24) is 4.90 Å². The average Bonchev–Trinajstić information content (AvgIpc) is 2.41. The van der Waals surface area contributed by atoms with Crippen LogP contribution < -0.4 is 5.73 Å². The smallest absolute Gasteiger partial charge is 0.254 e. The number of anilines is 1. The van der Waals surface area contributed by atoms with E-state index in [-0.39, 0.29) is 28.4 Å². The van der Waals surface area contributed by atoms with Crippen molar-refractivity contribution in [2.75, 3.05) is 12.8 Å². The number of carbonyl (C=O) groups is 1. The van der Waals surface area contributed by atoms with Crippen LogP contribution in [0.25, 0.3) is 0 Å². The van der Waals surface area contributed by atoms with Crippen LogP contribution in [-0.4, -0.2) is 17.9 Å². The molecule has 0 aliphatic carbocycles. The van der Waals surface area contributed by atoms with Gasteiger partial charge < -0.3 is 10.6 Å². The first-order valence-electron chi connectivity index (χ1n) is 6.13. The van der Waals surface area contributed by atoms with Crippen molar-refractivity contribution in [3.8, 4) is 0 Å². The molecule has 21 heavy (non-hydrogen) atoms. The van der Waals surface area contributed by atoms with Crippen molar-refractivity contribution in [1.29, 1.82) is 0 Å². The number of carbonyl (C=O) groups excluding carboxylic acids is 1. The lowest BCUT2D eigenvalue weighted by atomic mass is 10.1. The van der Waals surface area contributed by atoms with Gasteiger partial charge in [-0.15, -0.1) is 0 Å². The summed E-state index contributed by atoms with van der Waals surface area (Å²) in [5.74, 6) is -1.57. The number of halogens is 3. The molecule has 0 spiro atoms. The van der Waals surface area contributed by atoms with Gasteiger partial charge in [-0.3, -0.25) is 4.79 Å². The Morgan fingerprint density at radius 3 is 2.62 bits per heavy atom. The topological polar surface area (TPSA) is 46.3 Å². The van der Waals surface area contributed by atoms with Gasteiger partial charge in [-0.05, 0) is 30.3 Å². The van der Waals surface area contributed by atoms with Crippen molar-refractivity contribution in [2.24, 2.45) is 0 Å². The van der Waals surface area contributed by atoms with Crippen LogP contribution >= 0.6 is 11.6 Å². The van der Waals surface area contributed by atoms with Gasteiger partial charge in [0.2, 0.25) is 0 Å². The molecule has 2 aromatic carbocycles. The van der Waals surface area contributed by atoms with Gasteiger partial charge in [-0.25, -0.2) is 8.78 Å². The highest BCUT2D eigenvalue weighted by molar-refractivity contribution is 6.31. The van der Waals surface area contributed by atoms with Crippen LogP contribution in [-0.2, 0) is 6.54 Å². The maximum atomic E-state index is 13.7. The summed E-state index contributed by atoms with van der Waals surface area (Å²) in [7, 11) is 1.48. The second-order valence-corrected chi connectivity index (χ2v) is 5.04. The molecular formula is C15H13ClF2N2O. The quantitative estimate of drug-likeness (QED) is 0.882. The van der Waals surface area contributed by atoms with E-state index in [9.17, 15) is 13.6 Å². The zero-order valence-corrected chi connectivity index (χ0v) is 12.0. The van der Waals surface area contributed by atoms with Crippen LogP contribution in [0.2, 0.25) is 5.02 Å². The van der Waals surface area contributed by atoms with Gasteiger partial charge in [0.25, 0.3) is 5.91 Å². The van der Waals surface area contributed by atoms with E-state index in [2.05, 4.69) is 0 Å². The number of nitrogens with zero attached hydrogens (tertiary/aromatic N) is 1. The second kappa shape index (κ2) is 6.10. The van der Waals surface area contributed by atoms with E-state index in [1.165, 1.54) is 30.1 Å².